The second-order valence-electron chi connectivity index (χ2n) is 7.22. The van der Waals surface area contributed by atoms with Crippen molar-refractivity contribution in [3.05, 3.63) is 89.7 Å². The number of carbonyl (C=O) groups is 2. The molecule has 0 aliphatic heterocycles. The monoisotopic (exact) mass is 445 g/mol. The van der Waals surface area contributed by atoms with E-state index in [1.54, 1.807) is 17.8 Å². The topological polar surface area (TPSA) is 88.9 Å². The van der Waals surface area contributed by atoms with Crippen LogP contribution in [0.4, 0.5) is 5.13 Å². The van der Waals surface area contributed by atoms with Gasteiger partial charge in [0.2, 0.25) is 11.8 Å². The van der Waals surface area contributed by atoms with E-state index in [9.17, 15) is 9.59 Å². The summed E-state index contributed by atoms with van der Waals surface area (Å²) < 4.78 is 1.88. The second-order valence-corrected chi connectivity index (χ2v) is 8.11. The largest absolute Gasteiger partial charge is 0.352 e. The van der Waals surface area contributed by atoms with E-state index in [-0.39, 0.29) is 24.7 Å². The molecule has 0 fully saturated rings. The van der Waals surface area contributed by atoms with E-state index in [0.717, 1.165) is 23.2 Å². The van der Waals surface area contributed by atoms with Crippen LogP contribution in [0.15, 0.2) is 78.6 Å². The van der Waals surface area contributed by atoms with Gasteiger partial charge in [-0.25, -0.2) is 4.98 Å². The lowest BCUT2D eigenvalue weighted by atomic mass is 9.98. The minimum Gasteiger partial charge on any atom is -0.352 e. The summed E-state index contributed by atoms with van der Waals surface area (Å²) in [5.74, 6) is -0.380. The van der Waals surface area contributed by atoms with Gasteiger partial charge in [-0.15, -0.1) is 11.3 Å². The number of nitrogens with zero attached hydrogens (tertiary/aromatic N) is 3. The molecule has 2 N–H and O–H groups in total. The summed E-state index contributed by atoms with van der Waals surface area (Å²) >= 11 is 1.35. The van der Waals surface area contributed by atoms with Crippen LogP contribution < -0.4 is 10.6 Å². The molecule has 162 valence electrons. The van der Waals surface area contributed by atoms with Crippen molar-refractivity contribution in [2.75, 3.05) is 5.32 Å². The molecule has 0 saturated heterocycles. The number of hydrogen-bond acceptors (Lipinski definition) is 5. The van der Waals surface area contributed by atoms with Crippen LogP contribution in [-0.4, -0.2) is 26.6 Å². The Hall–Kier alpha value is -3.78. The first kappa shape index (κ1) is 21.5. The van der Waals surface area contributed by atoms with Crippen molar-refractivity contribution in [1.82, 2.24) is 20.1 Å². The zero-order valence-corrected chi connectivity index (χ0v) is 18.2. The highest BCUT2D eigenvalue weighted by Gasteiger charge is 2.10. The third kappa shape index (κ3) is 5.89. The molecule has 2 heterocycles. The highest BCUT2D eigenvalue weighted by molar-refractivity contribution is 7.13. The summed E-state index contributed by atoms with van der Waals surface area (Å²) in [5.41, 5.74) is 4.34. The van der Waals surface area contributed by atoms with Gasteiger partial charge in [0.05, 0.1) is 6.54 Å². The summed E-state index contributed by atoms with van der Waals surface area (Å²) in [5, 5.41) is 12.2. The molecule has 4 aromatic rings. The maximum atomic E-state index is 12.3. The number of rotatable bonds is 9. The van der Waals surface area contributed by atoms with E-state index >= 15 is 0 Å². The van der Waals surface area contributed by atoms with Gasteiger partial charge in [-0.2, -0.15) is 5.10 Å². The number of aromatic nitrogens is 3. The molecule has 0 unspecified atom stereocenters. The SMILES string of the molecule is O=C(CCC(=O)Nc1nccs1)NCc1ccccc1-c1ccc(Cn2cccn2)cc1. The van der Waals surface area contributed by atoms with E-state index in [0.29, 0.717) is 11.7 Å². The lowest BCUT2D eigenvalue weighted by Crippen LogP contribution is -2.24. The van der Waals surface area contributed by atoms with Gasteiger partial charge in [0.1, 0.15) is 0 Å². The predicted octanol–water partition coefficient (Wildman–Crippen LogP) is 4.09. The Labute approximate surface area is 190 Å². The molecule has 0 aliphatic carbocycles. The van der Waals surface area contributed by atoms with Crippen LogP contribution in [0.1, 0.15) is 24.0 Å². The van der Waals surface area contributed by atoms with Crippen molar-refractivity contribution >= 4 is 28.3 Å². The number of anilines is 1. The van der Waals surface area contributed by atoms with Crippen molar-refractivity contribution in [3.63, 3.8) is 0 Å². The lowest BCUT2D eigenvalue weighted by molar-refractivity contribution is -0.124. The highest BCUT2D eigenvalue weighted by Crippen LogP contribution is 2.24. The van der Waals surface area contributed by atoms with Crippen molar-refractivity contribution in [2.45, 2.75) is 25.9 Å². The van der Waals surface area contributed by atoms with Crippen LogP contribution in [-0.2, 0) is 22.7 Å². The van der Waals surface area contributed by atoms with Gasteiger partial charge < -0.3 is 10.6 Å². The summed E-state index contributed by atoms with van der Waals surface area (Å²) in [6.07, 6.45) is 5.57. The molecule has 0 saturated carbocycles. The molecule has 0 aliphatic rings. The fourth-order valence-corrected chi connectivity index (χ4v) is 3.85. The maximum Gasteiger partial charge on any atom is 0.226 e. The minimum absolute atomic E-state index is 0.116. The van der Waals surface area contributed by atoms with Crippen LogP contribution in [0, 0.1) is 0 Å². The highest BCUT2D eigenvalue weighted by atomic mass is 32.1. The molecular formula is C24H23N5O2S. The van der Waals surface area contributed by atoms with Crippen LogP contribution in [0.5, 0.6) is 0 Å². The number of carbonyl (C=O) groups excluding carboxylic acids is 2. The zero-order valence-electron chi connectivity index (χ0n) is 17.4. The van der Waals surface area contributed by atoms with Crippen molar-refractivity contribution in [3.8, 4) is 11.1 Å². The maximum absolute atomic E-state index is 12.3. The van der Waals surface area contributed by atoms with E-state index in [1.165, 1.54) is 16.9 Å². The molecule has 0 bridgehead atoms. The third-order valence-corrected chi connectivity index (χ3v) is 5.61. The molecule has 0 atom stereocenters. The molecule has 7 nitrogen and oxygen atoms in total. The summed E-state index contributed by atoms with van der Waals surface area (Å²) in [7, 11) is 0. The van der Waals surface area contributed by atoms with Crippen molar-refractivity contribution in [1.29, 1.82) is 0 Å². The Morgan fingerprint density at radius 3 is 2.50 bits per heavy atom. The molecule has 2 aromatic heterocycles. The van der Waals surface area contributed by atoms with Gasteiger partial charge in [0, 0.05) is 43.4 Å². The third-order valence-electron chi connectivity index (χ3n) is 4.92. The molecular weight excluding hydrogens is 422 g/mol. The average Bonchev–Trinajstić information content (AvgIpc) is 3.52. The first-order chi connectivity index (χ1) is 15.7. The van der Waals surface area contributed by atoms with E-state index < -0.39 is 0 Å². The van der Waals surface area contributed by atoms with E-state index in [1.807, 2.05) is 41.2 Å². The summed E-state index contributed by atoms with van der Waals surface area (Å²) in [4.78, 5) is 28.2. The quantitative estimate of drug-likeness (QED) is 0.406. The first-order valence-corrected chi connectivity index (χ1v) is 11.2. The smallest absolute Gasteiger partial charge is 0.226 e. The molecule has 4 rings (SSSR count). The normalized spacial score (nSPS) is 10.6. The lowest BCUT2D eigenvalue weighted by Gasteiger charge is -2.12. The number of benzene rings is 2. The van der Waals surface area contributed by atoms with Crippen LogP contribution in [0.2, 0.25) is 0 Å². The minimum atomic E-state index is -0.217. The average molecular weight is 446 g/mol. The second kappa shape index (κ2) is 10.5. The molecule has 32 heavy (non-hydrogen) atoms. The van der Waals surface area contributed by atoms with E-state index in [4.69, 9.17) is 0 Å². The fraction of sp³-hybridized carbons (Fsp3) is 0.167. The standard InChI is InChI=1S/C24H23N5O2S/c30-22(10-11-23(31)28-24-25-13-15-32-24)26-16-20-4-1-2-5-21(20)19-8-6-18(7-9-19)17-29-14-3-12-27-29/h1-9,12-15H,10-11,16-17H2,(H,26,30)(H,25,28,31). The molecule has 0 spiro atoms. The Bertz CT molecular complexity index is 1160. The van der Waals surface area contributed by atoms with Crippen molar-refractivity contribution in [2.24, 2.45) is 0 Å². The Kier molecular flexibility index (Phi) is 7.04. The Morgan fingerprint density at radius 2 is 1.75 bits per heavy atom. The number of amides is 2. The number of hydrogen-bond donors (Lipinski definition) is 2. The first-order valence-electron chi connectivity index (χ1n) is 10.3. The molecule has 8 heteroatoms. The molecule has 0 radical (unpaired) electrons. The van der Waals surface area contributed by atoms with Gasteiger partial charge in [0.15, 0.2) is 5.13 Å². The van der Waals surface area contributed by atoms with Crippen molar-refractivity contribution < 1.29 is 9.59 Å². The molecule has 2 aromatic carbocycles. The van der Waals surface area contributed by atoms with Gasteiger partial charge >= 0.3 is 0 Å². The fourth-order valence-electron chi connectivity index (χ4n) is 3.30. The van der Waals surface area contributed by atoms with Gasteiger partial charge in [-0.3, -0.25) is 14.3 Å². The van der Waals surface area contributed by atoms with Crippen LogP contribution in [0.3, 0.4) is 0 Å². The predicted molar refractivity (Wildman–Crippen MR) is 125 cm³/mol. The van der Waals surface area contributed by atoms with Gasteiger partial charge in [-0.05, 0) is 28.3 Å². The van der Waals surface area contributed by atoms with Crippen LogP contribution in [0.25, 0.3) is 11.1 Å². The molecule has 2 amide bonds. The van der Waals surface area contributed by atoms with Gasteiger partial charge in [0.25, 0.3) is 0 Å². The zero-order chi connectivity index (χ0) is 22.2. The Morgan fingerprint density at radius 1 is 0.938 bits per heavy atom. The van der Waals surface area contributed by atoms with Crippen LogP contribution >= 0.6 is 11.3 Å². The number of thiazole rings is 1. The van der Waals surface area contributed by atoms with E-state index in [2.05, 4.69) is 45.0 Å². The summed E-state index contributed by atoms with van der Waals surface area (Å²) in [6, 6.07) is 18.3. The van der Waals surface area contributed by atoms with Gasteiger partial charge in [-0.1, -0.05) is 48.5 Å². The number of nitrogens with one attached hydrogen (secondary N) is 2. The Balaban J connectivity index is 1.32. The summed E-state index contributed by atoms with van der Waals surface area (Å²) in [6.45, 7) is 1.12.